The Labute approximate surface area is 99.3 Å². The second-order valence-electron chi connectivity index (χ2n) is 3.92. The highest BCUT2D eigenvalue weighted by molar-refractivity contribution is 9.11. The molecule has 2 heteroatoms. The summed E-state index contributed by atoms with van der Waals surface area (Å²) >= 11 is 3.39. The van der Waals surface area contributed by atoms with E-state index in [9.17, 15) is 0 Å². The quantitative estimate of drug-likeness (QED) is 0.804. The molecule has 0 radical (unpaired) electrons. The third-order valence-electron chi connectivity index (χ3n) is 2.88. The Kier molecular flexibility index (Phi) is 3.98. The van der Waals surface area contributed by atoms with Crippen LogP contribution in [0.15, 0.2) is 40.9 Å². The summed E-state index contributed by atoms with van der Waals surface area (Å²) in [5.41, 5.74) is 2.74. The van der Waals surface area contributed by atoms with Crippen molar-refractivity contribution in [3.05, 3.63) is 46.5 Å². The van der Waals surface area contributed by atoms with Crippen LogP contribution >= 0.6 is 15.9 Å². The molecular weight excluding hydrogens is 252 g/mol. The smallest absolute Gasteiger partial charge is 0.0717 e. The molecule has 0 aliphatic heterocycles. The van der Waals surface area contributed by atoms with E-state index < -0.39 is 0 Å². The number of benzene rings is 1. The predicted octanol–water partition coefficient (Wildman–Crippen LogP) is 3.89. The molecule has 0 bridgehead atoms. The number of hydrogen-bond acceptors (Lipinski definition) is 1. The molecule has 1 aromatic carbocycles. The molecule has 0 spiro atoms. The maximum Gasteiger partial charge on any atom is 0.0717 e. The normalized spacial score (nSPS) is 22.7. The summed E-state index contributed by atoms with van der Waals surface area (Å²) in [5, 5.41) is 0. The fourth-order valence-corrected chi connectivity index (χ4v) is 2.35. The molecular formula is C13H15BrO. The van der Waals surface area contributed by atoms with Crippen molar-refractivity contribution in [1.82, 2.24) is 0 Å². The first-order chi connectivity index (χ1) is 7.40. The van der Waals surface area contributed by atoms with Crippen LogP contribution in [-0.2, 0) is 11.3 Å². The maximum absolute atomic E-state index is 5.69. The number of ether oxygens (including phenoxy) is 1. The van der Waals surface area contributed by atoms with E-state index in [4.69, 9.17) is 4.74 Å². The van der Waals surface area contributed by atoms with Crippen LogP contribution in [0.3, 0.4) is 0 Å². The van der Waals surface area contributed by atoms with Crippen molar-refractivity contribution in [3.8, 4) is 0 Å². The van der Waals surface area contributed by atoms with Gasteiger partial charge in [0.15, 0.2) is 0 Å². The van der Waals surface area contributed by atoms with E-state index in [1.165, 1.54) is 24.0 Å². The topological polar surface area (TPSA) is 9.23 Å². The van der Waals surface area contributed by atoms with Gasteiger partial charge in [0.05, 0.1) is 13.2 Å². The average molecular weight is 267 g/mol. The van der Waals surface area contributed by atoms with Crippen molar-refractivity contribution >= 4 is 15.9 Å². The van der Waals surface area contributed by atoms with Crippen LogP contribution in [0.25, 0.3) is 0 Å². The molecule has 15 heavy (non-hydrogen) atoms. The van der Waals surface area contributed by atoms with Crippen LogP contribution in [0.2, 0.25) is 0 Å². The highest BCUT2D eigenvalue weighted by Crippen LogP contribution is 2.34. The van der Waals surface area contributed by atoms with Gasteiger partial charge in [-0.15, -0.1) is 0 Å². The lowest BCUT2D eigenvalue weighted by Gasteiger charge is -2.29. The molecule has 0 amide bonds. The van der Waals surface area contributed by atoms with E-state index in [-0.39, 0.29) is 0 Å². The van der Waals surface area contributed by atoms with Gasteiger partial charge in [0, 0.05) is 5.92 Å². The molecule has 1 fully saturated rings. The van der Waals surface area contributed by atoms with Gasteiger partial charge < -0.3 is 4.74 Å². The predicted molar refractivity (Wildman–Crippen MR) is 65.8 cm³/mol. The Morgan fingerprint density at radius 2 is 2.13 bits per heavy atom. The van der Waals surface area contributed by atoms with Gasteiger partial charge in [-0.25, -0.2) is 0 Å². The van der Waals surface area contributed by atoms with Gasteiger partial charge in [-0.2, -0.15) is 0 Å². The molecule has 2 rings (SSSR count). The van der Waals surface area contributed by atoms with Crippen LogP contribution in [-0.4, -0.2) is 6.61 Å². The Morgan fingerprint density at radius 3 is 2.73 bits per heavy atom. The summed E-state index contributed by atoms with van der Waals surface area (Å²) in [5.74, 6) is 0.646. The summed E-state index contributed by atoms with van der Waals surface area (Å²) in [6.07, 6.45) is 2.50. The molecule has 1 aromatic rings. The van der Waals surface area contributed by atoms with E-state index in [0.29, 0.717) is 5.92 Å². The fraction of sp³-hybridized carbons (Fsp3) is 0.385. The van der Waals surface area contributed by atoms with E-state index >= 15 is 0 Å². The maximum atomic E-state index is 5.69. The zero-order valence-corrected chi connectivity index (χ0v) is 10.2. The van der Waals surface area contributed by atoms with E-state index in [1.54, 1.807) is 0 Å². The van der Waals surface area contributed by atoms with Gasteiger partial charge in [-0.3, -0.25) is 0 Å². The summed E-state index contributed by atoms with van der Waals surface area (Å²) in [6, 6.07) is 10.3. The first kappa shape index (κ1) is 10.9. The van der Waals surface area contributed by atoms with Crippen LogP contribution in [0.1, 0.15) is 18.4 Å². The fourth-order valence-electron chi connectivity index (χ4n) is 1.74. The van der Waals surface area contributed by atoms with Crippen LogP contribution in [0.4, 0.5) is 0 Å². The minimum absolute atomic E-state index is 0.646. The molecule has 80 valence electrons. The lowest BCUT2D eigenvalue weighted by Crippen LogP contribution is -2.20. The van der Waals surface area contributed by atoms with Crippen molar-refractivity contribution < 1.29 is 4.74 Å². The van der Waals surface area contributed by atoms with Gasteiger partial charge in [0.25, 0.3) is 0 Å². The molecule has 1 nitrogen and oxygen atoms in total. The number of rotatable bonds is 4. The lowest BCUT2D eigenvalue weighted by atomic mass is 9.81. The Bertz CT molecular complexity index is 332. The van der Waals surface area contributed by atoms with Crippen molar-refractivity contribution in [2.24, 2.45) is 5.92 Å². The van der Waals surface area contributed by atoms with Gasteiger partial charge in [0.1, 0.15) is 0 Å². The molecule has 1 atom stereocenters. The van der Waals surface area contributed by atoms with Crippen LogP contribution in [0.5, 0.6) is 0 Å². The van der Waals surface area contributed by atoms with Crippen molar-refractivity contribution in [2.45, 2.75) is 19.4 Å². The van der Waals surface area contributed by atoms with Gasteiger partial charge in [-0.05, 0) is 23.4 Å². The molecule has 1 saturated carbocycles. The Hall–Kier alpha value is -0.600. The first-order valence-corrected chi connectivity index (χ1v) is 6.22. The van der Waals surface area contributed by atoms with Gasteiger partial charge in [0.2, 0.25) is 0 Å². The minimum Gasteiger partial charge on any atom is -0.376 e. The van der Waals surface area contributed by atoms with Crippen LogP contribution in [0, 0.1) is 5.92 Å². The molecule has 0 heterocycles. The summed E-state index contributed by atoms with van der Waals surface area (Å²) < 4.78 is 5.69. The summed E-state index contributed by atoms with van der Waals surface area (Å²) in [7, 11) is 0. The zero-order valence-electron chi connectivity index (χ0n) is 8.66. The Balaban J connectivity index is 1.72. The summed E-state index contributed by atoms with van der Waals surface area (Å²) in [6.45, 7) is 1.58. The third kappa shape index (κ3) is 2.93. The van der Waals surface area contributed by atoms with Crippen LogP contribution < -0.4 is 0 Å². The average Bonchev–Trinajstić information content (AvgIpc) is 2.25. The highest BCUT2D eigenvalue weighted by Gasteiger charge is 2.23. The van der Waals surface area contributed by atoms with Gasteiger partial charge in [-0.1, -0.05) is 51.8 Å². The standard InChI is InChI=1S/C13H15BrO/c14-8-12-6-7-13(12)10-15-9-11-4-2-1-3-5-11/h1-5,8,13H,6-7,9-10H2/b12-8-. The van der Waals surface area contributed by atoms with Crippen molar-refractivity contribution in [2.75, 3.05) is 6.61 Å². The summed E-state index contributed by atoms with van der Waals surface area (Å²) in [4.78, 5) is 2.05. The number of hydrogen-bond donors (Lipinski definition) is 0. The molecule has 0 saturated heterocycles. The molecule has 1 unspecified atom stereocenters. The van der Waals surface area contributed by atoms with E-state index in [0.717, 1.165) is 13.2 Å². The third-order valence-corrected chi connectivity index (χ3v) is 3.46. The Morgan fingerprint density at radius 1 is 1.33 bits per heavy atom. The molecule has 0 N–H and O–H groups in total. The highest BCUT2D eigenvalue weighted by atomic mass is 79.9. The first-order valence-electron chi connectivity index (χ1n) is 5.31. The molecule has 1 aliphatic carbocycles. The minimum atomic E-state index is 0.646. The SMILES string of the molecule is Br/C=C1/CCC1COCc1ccccc1. The van der Waals surface area contributed by atoms with E-state index in [1.807, 2.05) is 23.2 Å². The number of halogens is 1. The monoisotopic (exact) mass is 266 g/mol. The second kappa shape index (κ2) is 5.47. The van der Waals surface area contributed by atoms with E-state index in [2.05, 4.69) is 28.1 Å². The van der Waals surface area contributed by atoms with Gasteiger partial charge >= 0.3 is 0 Å². The molecule has 1 aliphatic rings. The lowest BCUT2D eigenvalue weighted by molar-refractivity contribution is 0.0823. The molecule has 0 aromatic heterocycles. The zero-order chi connectivity index (χ0) is 10.5. The van der Waals surface area contributed by atoms with Crippen molar-refractivity contribution in [3.63, 3.8) is 0 Å². The largest absolute Gasteiger partial charge is 0.376 e. The second-order valence-corrected chi connectivity index (χ2v) is 4.38. The van der Waals surface area contributed by atoms with Crippen molar-refractivity contribution in [1.29, 1.82) is 0 Å².